The van der Waals surface area contributed by atoms with Crippen molar-refractivity contribution in [2.45, 2.75) is 51.7 Å². The Hall–Kier alpha value is -0.0800. The number of hydrogen-bond acceptors (Lipinski definition) is 2. The second kappa shape index (κ2) is 3.94. The number of nitrogens with two attached hydrogens (primary N) is 1. The first-order chi connectivity index (χ1) is 4.50. The molecule has 0 saturated carbocycles. The number of aliphatic hydroxyl groups is 1. The Morgan fingerprint density at radius 3 is 2.40 bits per heavy atom. The van der Waals surface area contributed by atoms with Gasteiger partial charge in [0, 0.05) is 6.04 Å². The summed E-state index contributed by atoms with van der Waals surface area (Å²) in [6.07, 6.45) is 2.97. The van der Waals surface area contributed by atoms with Gasteiger partial charge in [0.25, 0.3) is 0 Å². The molecule has 0 rings (SSSR count). The van der Waals surface area contributed by atoms with Gasteiger partial charge in [-0.3, -0.25) is 0 Å². The molecule has 0 aliphatic rings. The van der Waals surface area contributed by atoms with Crippen LogP contribution in [0.5, 0.6) is 0 Å². The lowest BCUT2D eigenvalue weighted by Gasteiger charge is -2.27. The molecule has 62 valence electrons. The lowest BCUT2D eigenvalue weighted by Crippen LogP contribution is -2.43. The van der Waals surface area contributed by atoms with Gasteiger partial charge in [0.15, 0.2) is 0 Å². The molecular formula is C8H19NO. The second-order valence-corrected chi connectivity index (χ2v) is 3.25. The Kier molecular flexibility index (Phi) is 3.91. The molecule has 3 N–H and O–H groups in total. The molecule has 0 aliphatic heterocycles. The van der Waals surface area contributed by atoms with Crippen LogP contribution in [0.2, 0.25) is 0 Å². The van der Waals surface area contributed by atoms with Crippen LogP contribution >= 0.6 is 0 Å². The summed E-state index contributed by atoms with van der Waals surface area (Å²) in [7, 11) is 0. The van der Waals surface area contributed by atoms with Crippen LogP contribution in [0.25, 0.3) is 0 Å². The molecule has 0 aromatic heterocycles. The highest BCUT2D eigenvalue weighted by Crippen LogP contribution is 2.15. The smallest absolute Gasteiger partial charge is 0.0767 e. The number of unbranched alkanes of at least 4 members (excludes halogenated alkanes) is 1. The van der Waals surface area contributed by atoms with Gasteiger partial charge in [-0.25, -0.2) is 0 Å². The predicted octanol–water partition coefficient (Wildman–Crippen LogP) is 1.27. The van der Waals surface area contributed by atoms with Crippen LogP contribution < -0.4 is 5.73 Å². The molecule has 0 amide bonds. The van der Waals surface area contributed by atoms with Crippen molar-refractivity contribution in [2.75, 3.05) is 0 Å². The van der Waals surface area contributed by atoms with E-state index in [0.717, 1.165) is 19.3 Å². The molecule has 0 aromatic carbocycles. The summed E-state index contributed by atoms with van der Waals surface area (Å²) in [5.41, 5.74) is 4.89. The average molecular weight is 145 g/mol. The van der Waals surface area contributed by atoms with Crippen LogP contribution in [-0.4, -0.2) is 16.7 Å². The fourth-order valence-corrected chi connectivity index (χ4v) is 0.762. The Morgan fingerprint density at radius 2 is 2.10 bits per heavy atom. The van der Waals surface area contributed by atoms with Gasteiger partial charge in [0.1, 0.15) is 0 Å². The molecule has 0 heterocycles. The van der Waals surface area contributed by atoms with Crippen LogP contribution in [0, 0.1) is 0 Å². The van der Waals surface area contributed by atoms with E-state index in [4.69, 9.17) is 5.73 Å². The van der Waals surface area contributed by atoms with Crippen molar-refractivity contribution in [2.24, 2.45) is 5.73 Å². The normalized spacial score (nSPS) is 20.1. The minimum Gasteiger partial charge on any atom is -0.389 e. The molecule has 0 spiro atoms. The molecule has 0 aliphatic carbocycles. The zero-order chi connectivity index (χ0) is 8.20. The molecule has 0 radical (unpaired) electrons. The molecule has 2 nitrogen and oxygen atoms in total. The van der Waals surface area contributed by atoms with E-state index < -0.39 is 5.60 Å². The van der Waals surface area contributed by atoms with Gasteiger partial charge in [-0.2, -0.15) is 0 Å². The van der Waals surface area contributed by atoms with E-state index in [1.165, 1.54) is 0 Å². The summed E-state index contributed by atoms with van der Waals surface area (Å²) >= 11 is 0. The quantitative estimate of drug-likeness (QED) is 0.626. The first kappa shape index (κ1) is 9.92. The van der Waals surface area contributed by atoms with Crippen molar-refractivity contribution < 1.29 is 5.11 Å². The summed E-state index contributed by atoms with van der Waals surface area (Å²) in [5, 5.41) is 9.60. The summed E-state index contributed by atoms with van der Waals surface area (Å²) in [6.45, 7) is 5.75. The van der Waals surface area contributed by atoms with E-state index in [-0.39, 0.29) is 6.04 Å². The summed E-state index contributed by atoms with van der Waals surface area (Å²) in [5.74, 6) is 0. The van der Waals surface area contributed by atoms with Crippen LogP contribution in [0.15, 0.2) is 0 Å². The van der Waals surface area contributed by atoms with Crippen molar-refractivity contribution in [1.29, 1.82) is 0 Å². The minimum absolute atomic E-state index is 0.126. The standard InChI is InChI=1S/C8H19NO/c1-4-5-6-8(3,10)7(2)9/h7,10H,4-6,9H2,1-3H3. The molecule has 0 bridgehead atoms. The highest BCUT2D eigenvalue weighted by molar-refractivity contribution is 4.81. The zero-order valence-electron chi connectivity index (χ0n) is 7.22. The van der Waals surface area contributed by atoms with E-state index in [1.807, 2.05) is 6.92 Å². The van der Waals surface area contributed by atoms with Crippen molar-refractivity contribution in [1.82, 2.24) is 0 Å². The lowest BCUT2D eigenvalue weighted by atomic mass is 9.92. The molecular weight excluding hydrogens is 126 g/mol. The van der Waals surface area contributed by atoms with Crippen molar-refractivity contribution in [3.8, 4) is 0 Å². The third kappa shape index (κ3) is 3.18. The first-order valence-electron chi connectivity index (χ1n) is 3.98. The highest BCUT2D eigenvalue weighted by atomic mass is 16.3. The van der Waals surface area contributed by atoms with Crippen LogP contribution in [0.3, 0.4) is 0 Å². The van der Waals surface area contributed by atoms with E-state index in [9.17, 15) is 5.11 Å². The van der Waals surface area contributed by atoms with Crippen molar-refractivity contribution in [3.63, 3.8) is 0 Å². The Labute approximate surface area is 63.4 Å². The van der Waals surface area contributed by atoms with Crippen LogP contribution in [0.4, 0.5) is 0 Å². The molecule has 0 fully saturated rings. The topological polar surface area (TPSA) is 46.2 Å². The third-order valence-corrected chi connectivity index (χ3v) is 2.02. The van der Waals surface area contributed by atoms with Gasteiger partial charge >= 0.3 is 0 Å². The summed E-state index contributed by atoms with van der Waals surface area (Å²) in [4.78, 5) is 0. The van der Waals surface area contributed by atoms with Gasteiger partial charge < -0.3 is 10.8 Å². The molecule has 0 saturated heterocycles. The predicted molar refractivity (Wildman–Crippen MR) is 43.8 cm³/mol. The number of hydrogen-bond donors (Lipinski definition) is 2. The maximum atomic E-state index is 9.60. The van der Waals surface area contributed by atoms with Crippen molar-refractivity contribution >= 4 is 0 Å². The summed E-state index contributed by atoms with van der Waals surface area (Å²) < 4.78 is 0. The Balaban J connectivity index is 3.63. The monoisotopic (exact) mass is 145 g/mol. The molecule has 2 heteroatoms. The van der Waals surface area contributed by atoms with Gasteiger partial charge in [-0.15, -0.1) is 0 Å². The Bertz CT molecular complexity index is 89.3. The molecule has 10 heavy (non-hydrogen) atoms. The van der Waals surface area contributed by atoms with Gasteiger partial charge in [0.05, 0.1) is 5.60 Å². The van der Waals surface area contributed by atoms with E-state index >= 15 is 0 Å². The maximum absolute atomic E-state index is 9.60. The summed E-state index contributed by atoms with van der Waals surface area (Å²) in [6, 6.07) is -0.126. The first-order valence-corrected chi connectivity index (χ1v) is 3.98. The zero-order valence-corrected chi connectivity index (χ0v) is 7.22. The highest BCUT2D eigenvalue weighted by Gasteiger charge is 2.23. The van der Waals surface area contributed by atoms with Gasteiger partial charge in [0.2, 0.25) is 0 Å². The largest absolute Gasteiger partial charge is 0.389 e. The van der Waals surface area contributed by atoms with E-state index in [0.29, 0.717) is 0 Å². The van der Waals surface area contributed by atoms with E-state index in [1.54, 1.807) is 6.92 Å². The van der Waals surface area contributed by atoms with Gasteiger partial charge in [-0.05, 0) is 20.3 Å². The van der Waals surface area contributed by atoms with Crippen LogP contribution in [-0.2, 0) is 0 Å². The van der Waals surface area contributed by atoms with Crippen LogP contribution in [0.1, 0.15) is 40.0 Å². The minimum atomic E-state index is -0.671. The third-order valence-electron chi connectivity index (χ3n) is 2.02. The fraction of sp³-hybridized carbons (Fsp3) is 1.00. The van der Waals surface area contributed by atoms with E-state index in [2.05, 4.69) is 6.92 Å². The average Bonchev–Trinajstić information content (AvgIpc) is 1.84. The molecule has 2 unspecified atom stereocenters. The van der Waals surface area contributed by atoms with Gasteiger partial charge in [-0.1, -0.05) is 19.8 Å². The maximum Gasteiger partial charge on any atom is 0.0767 e. The molecule has 2 atom stereocenters. The second-order valence-electron chi connectivity index (χ2n) is 3.25. The fourth-order valence-electron chi connectivity index (χ4n) is 0.762. The SMILES string of the molecule is CCCCC(C)(O)C(C)N. The van der Waals surface area contributed by atoms with Crippen molar-refractivity contribution in [3.05, 3.63) is 0 Å². The number of rotatable bonds is 4. The lowest BCUT2D eigenvalue weighted by molar-refractivity contribution is 0.0278. The Morgan fingerprint density at radius 1 is 1.60 bits per heavy atom. The molecule has 0 aromatic rings.